The SMILES string of the molecule is CN=C(NCc1cc2ccccc2[nH]1)NCC1(CCOC)CCC1.I. The van der Waals surface area contributed by atoms with E-state index in [4.69, 9.17) is 4.74 Å². The highest BCUT2D eigenvalue weighted by molar-refractivity contribution is 14.0. The van der Waals surface area contributed by atoms with E-state index in [2.05, 4.69) is 50.9 Å². The van der Waals surface area contributed by atoms with E-state index in [0.717, 1.165) is 37.8 Å². The molecule has 5 nitrogen and oxygen atoms in total. The number of guanidine groups is 1. The van der Waals surface area contributed by atoms with Gasteiger partial charge in [0, 0.05) is 38.5 Å². The summed E-state index contributed by atoms with van der Waals surface area (Å²) < 4.78 is 5.26. The minimum absolute atomic E-state index is 0. The largest absolute Gasteiger partial charge is 0.385 e. The first-order chi connectivity index (χ1) is 11.7. The second-order valence-electron chi connectivity index (χ2n) is 6.76. The zero-order chi connectivity index (χ0) is 16.8. The van der Waals surface area contributed by atoms with E-state index in [1.165, 1.54) is 30.2 Å². The summed E-state index contributed by atoms with van der Waals surface area (Å²) in [5, 5.41) is 8.14. The van der Waals surface area contributed by atoms with E-state index in [1.807, 2.05) is 7.05 Å². The third kappa shape index (κ3) is 5.10. The summed E-state index contributed by atoms with van der Waals surface area (Å²) in [5.41, 5.74) is 2.72. The Morgan fingerprint density at radius 3 is 2.72 bits per heavy atom. The summed E-state index contributed by atoms with van der Waals surface area (Å²) in [4.78, 5) is 7.78. The lowest BCUT2D eigenvalue weighted by Crippen LogP contribution is -2.46. The molecular weight excluding hydrogens is 427 g/mol. The lowest BCUT2D eigenvalue weighted by molar-refractivity contribution is 0.0732. The number of rotatable bonds is 7. The second-order valence-corrected chi connectivity index (χ2v) is 6.76. The van der Waals surface area contributed by atoms with Crippen LogP contribution in [0.15, 0.2) is 35.3 Å². The molecule has 0 radical (unpaired) electrons. The third-order valence-electron chi connectivity index (χ3n) is 5.14. The first-order valence-electron chi connectivity index (χ1n) is 8.75. The molecule has 3 rings (SSSR count). The van der Waals surface area contributed by atoms with Crippen molar-refractivity contribution in [2.24, 2.45) is 10.4 Å². The number of nitrogens with zero attached hydrogens (tertiary/aromatic N) is 1. The van der Waals surface area contributed by atoms with Crippen LogP contribution in [0.5, 0.6) is 0 Å². The summed E-state index contributed by atoms with van der Waals surface area (Å²) in [6.07, 6.45) is 5.01. The summed E-state index contributed by atoms with van der Waals surface area (Å²) in [7, 11) is 3.60. The molecule has 0 saturated heterocycles. The van der Waals surface area contributed by atoms with E-state index in [0.29, 0.717) is 5.41 Å². The maximum absolute atomic E-state index is 5.26. The topological polar surface area (TPSA) is 61.4 Å². The van der Waals surface area contributed by atoms with Gasteiger partial charge in [-0.2, -0.15) is 0 Å². The van der Waals surface area contributed by atoms with Crippen molar-refractivity contribution in [3.8, 4) is 0 Å². The molecule has 0 atom stereocenters. The summed E-state index contributed by atoms with van der Waals surface area (Å²) in [6, 6.07) is 10.5. The highest BCUT2D eigenvalue weighted by Gasteiger charge is 2.36. The number of fused-ring (bicyclic) bond motifs is 1. The van der Waals surface area contributed by atoms with Crippen molar-refractivity contribution < 1.29 is 4.74 Å². The minimum atomic E-state index is 0. The zero-order valence-corrected chi connectivity index (χ0v) is 17.4. The lowest BCUT2D eigenvalue weighted by Gasteiger charge is -2.42. The quantitative estimate of drug-likeness (QED) is 0.339. The van der Waals surface area contributed by atoms with Crippen molar-refractivity contribution in [2.75, 3.05) is 27.3 Å². The fourth-order valence-electron chi connectivity index (χ4n) is 3.41. The van der Waals surface area contributed by atoms with Gasteiger partial charge in [-0.1, -0.05) is 24.6 Å². The average Bonchev–Trinajstić information content (AvgIpc) is 2.99. The number of para-hydroxylation sites is 1. The van der Waals surface area contributed by atoms with Gasteiger partial charge in [-0.05, 0) is 42.2 Å². The van der Waals surface area contributed by atoms with Crippen LogP contribution in [0.3, 0.4) is 0 Å². The molecule has 1 aliphatic carbocycles. The van der Waals surface area contributed by atoms with Crippen molar-refractivity contribution in [2.45, 2.75) is 32.2 Å². The molecule has 25 heavy (non-hydrogen) atoms. The Balaban J connectivity index is 0.00000225. The number of benzene rings is 1. The van der Waals surface area contributed by atoms with Crippen molar-refractivity contribution >= 4 is 40.8 Å². The molecule has 0 bridgehead atoms. The maximum Gasteiger partial charge on any atom is 0.191 e. The Kier molecular flexibility index (Phi) is 7.56. The number of hydrogen-bond acceptors (Lipinski definition) is 2. The van der Waals surface area contributed by atoms with Crippen LogP contribution in [-0.4, -0.2) is 38.3 Å². The minimum Gasteiger partial charge on any atom is -0.385 e. The molecular formula is C19H29IN4O. The van der Waals surface area contributed by atoms with Crippen molar-refractivity contribution in [3.05, 3.63) is 36.0 Å². The van der Waals surface area contributed by atoms with Gasteiger partial charge >= 0.3 is 0 Å². The van der Waals surface area contributed by atoms with E-state index in [1.54, 1.807) is 7.11 Å². The predicted molar refractivity (Wildman–Crippen MR) is 115 cm³/mol. The second kappa shape index (κ2) is 9.43. The zero-order valence-electron chi connectivity index (χ0n) is 15.1. The molecule has 0 amide bonds. The van der Waals surface area contributed by atoms with Crippen LogP contribution >= 0.6 is 24.0 Å². The molecule has 0 aliphatic heterocycles. The monoisotopic (exact) mass is 456 g/mol. The predicted octanol–water partition coefficient (Wildman–Crippen LogP) is 3.66. The molecule has 1 heterocycles. The Hall–Kier alpha value is -1.28. The van der Waals surface area contributed by atoms with Gasteiger partial charge in [0.15, 0.2) is 5.96 Å². The fraction of sp³-hybridized carbons (Fsp3) is 0.526. The maximum atomic E-state index is 5.26. The lowest BCUT2D eigenvalue weighted by atomic mass is 9.67. The van der Waals surface area contributed by atoms with Gasteiger partial charge in [-0.3, -0.25) is 4.99 Å². The Morgan fingerprint density at radius 1 is 1.28 bits per heavy atom. The molecule has 1 aliphatic rings. The molecule has 0 unspecified atom stereocenters. The molecule has 2 aromatic rings. The van der Waals surface area contributed by atoms with Crippen LogP contribution in [0.4, 0.5) is 0 Å². The van der Waals surface area contributed by atoms with Crippen molar-refractivity contribution in [1.29, 1.82) is 0 Å². The number of methoxy groups -OCH3 is 1. The standard InChI is InChI=1S/C19H28N4O.HI/c1-20-18(22-14-19(8-5-9-19)10-11-24-2)21-13-16-12-15-6-3-4-7-17(15)23-16;/h3-4,6-7,12,23H,5,8-11,13-14H2,1-2H3,(H2,20,21,22);1H. The van der Waals surface area contributed by atoms with Gasteiger partial charge < -0.3 is 20.4 Å². The number of aromatic amines is 1. The van der Waals surface area contributed by atoms with Crippen LogP contribution in [0, 0.1) is 5.41 Å². The third-order valence-corrected chi connectivity index (χ3v) is 5.14. The Morgan fingerprint density at radius 2 is 2.08 bits per heavy atom. The Labute approximate surface area is 167 Å². The number of aromatic nitrogens is 1. The van der Waals surface area contributed by atoms with Gasteiger partial charge in [-0.25, -0.2) is 0 Å². The summed E-state index contributed by atoms with van der Waals surface area (Å²) in [6.45, 7) is 2.53. The van der Waals surface area contributed by atoms with Crippen LogP contribution in [-0.2, 0) is 11.3 Å². The van der Waals surface area contributed by atoms with Gasteiger partial charge in [-0.15, -0.1) is 24.0 Å². The summed E-state index contributed by atoms with van der Waals surface area (Å²) in [5.74, 6) is 0.859. The number of H-pyrrole nitrogens is 1. The number of halogens is 1. The highest BCUT2D eigenvalue weighted by Crippen LogP contribution is 2.43. The first-order valence-corrected chi connectivity index (χ1v) is 8.75. The van der Waals surface area contributed by atoms with Crippen molar-refractivity contribution in [3.63, 3.8) is 0 Å². The van der Waals surface area contributed by atoms with Gasteiger partial charge in [0.25, 0.3) is 0 Å². The van der Waals surface area contributed by atoms with Crippen LogP contribution < -0.4 is 10.6 Å². The number of hydrogen-bond donors (Lipinski definition) is 3. The normalized spacial score (nSPS) is 16.2. The molecule has 6 heteroatoms. The van der Waals surface area contributed by atoms with E-state index < -0.39 is 0 Å². The number of ether oxygens (including phenoxy) is 1. The summed E-state index contributed by atoms with van der Waals surface area (Å²) >= 11 is 0. The first kappa shape index (κ1) is 20.0. The smallest absolute Gasteiger partial charge is 0.191 e. The molecule has 1 aromatic carbocycles. The molecule has 3 N–H and O–H groups in total. The van der Waals surface area contributed by atoms with Crippen LogP contribution in [0.25, 0.3) is 10.9 Å². The van der Waals surface area contributed by atoms with Crippen LogP contribution in [0.1, 0.15) is 31.4 Å². The van der Waals surface area contributed by atoms with Gasteiger partial charge in [0.05, 0.1) is 6.54 Å². The Bertz CT molecular complexity index is 661. The van der Waals surface area contributed by atoms with E-state index in [-0.39, 0.29) is 24.0 Å². The van der Waals surface area contributed by atoms with Gasteiger partial charge in [0.2, 0.25) is 0 Å². The number of nitrogens with one attached hydrogen (secondary N) is 3. The molecule has 1 fully saturated rings. The van der Waals surface area contributed by atoms with Crippen molar-refractivity contribution in [1.82, 2.24) is 15.6 Å². The highest BCUT2D eigenvalue weighted by atomic mass is 127. The molecule has 0 spiro atoms. The fourth-order valence-corrected chi connectivity index (χ4v) is 3.41. The molecule has 138 valence electrons. The molecule has 1 saturated carbocycles. The average molecular weight is 456 g/mol. The van der Waals surface area contributed by atoms with Gasteiger partial charge in [0.1, 0.15) is 0 Å². The van der Waals surface area contributed by atoms with E-state index in [9.17, 15) is 0 Å². The number of aliphatic imine (C=N–C) groups is 1. The van der Waals surface area contributed by atoms with Crippen LogP contribution in [0.2, 0.25) is 0 Å². The van der Waals surface area contributed by atoms with E-state index >= 15 is 0 Å². The molecule has 1 aromatic heterocycles.